The van der Waals surface area contributed by atoms with Gasteiger partial charge >= 0.3 is 0 Å². The minimum absolute atomic E-state index is 0.0394. The van der Waals surface area contributed by atoms with E-state index < -0.39 is 0 Å². The maximum absolute atomic E-state index is 12.4. The normalized spacial score (nSPS) is 17.2. The van der Waals surface area contributed by atoms with E-state index in [2.05, 4.69) is 55.4 Å². The number of nitrogens with zero attached hydrogens (tertiary/aromatic N) is 1. The summed E-state index contributed by atoms with van der Waals surface area (Å²) in [6, 6.07) is 8.58. The zero-order chi connectivity index (χ0) is 17.6. The third kappa shape index (κ3) is 5.32. The van der Waals surface area contributed by atoms with Crippen molar-refractivity contribution in [2.75, 3.05) is 26.2 Å². The Hall–Kier alpha value is -1.39. The molecule has 134 valence electrons. The number of hydrogen-bond acceptors (Lipinski definition) is 3. The zero-order valence-corrected chi connectivity index (χ0v) is 15.7. The van der Waals surface area contributed by atoms with Gasteiger partial charge in [-0.1, -0.05) is 26.0 Å². The fourth-order valence-corrected chi connectivity index (χ4v) is 3.26. The Bertz CT molecular complexity index is 518. The van der Waals surface area contributed by atoms with Gasteiger partial charge in [0.15, 0.2) is 0 Å². The molecule has 0 spiro atoms. The molecule has 0 atom stereocenters. The van der Waals surface area contributed by atoms with Gasteiger partial charge < -0.3 is 10.6 Å². The van der Waals surface area contributed by atoms with Crippen LogP contribution < -0.4 is 10.6 Å². The van der Waals surface area contributed by atoms with Gasteiger partial charge in [0.1, 0.15) is 0 Å². The van der Waals surface area contributed by atoms with Gasteiger partial charge in [-0.3, -0.25) is 9.69 Å². The lowest BCUT2D eigenvalue weighted by Gasteiger charge is -2.34. The smallest absolute Gasteiger partial charge is 0.251 e. The highest BCUT2D eigenvalue weighted by atomic mass is 16.1. The second kappa shape index (κ2) is 8.63. The van der Waals surface area contributed by atoms with E-state index in [0.717, 1.165) is 51.1 Å². The van der Waals surface area contributed by atoms with Crippen LogP contribution in [0, 0.1) is 5.41 Å². The summed E-state index contributed by atoms with van der Waals surface area (Å²) in [5, 5.41) is 6.50. The molecule has 24 heavy (non-hydrogen) atoms. The molecule has 4 nitrogen and oxygen atoms in total. The first-order chi connectivity index (χ1) is 11.4. The summed E-state index contributed by atoms with van der Waals surface area (Å²) in [5.74, 6) is 0.0394. The van der Waals surface area contributed by atoms with E-state index in [-0.39, 0.29) is 11.3 Å². The van der Waals surface area contributed by atoms with Gasteiger partial charge in [-0.15, -0.1) is 0 Å². The minimum atomic E-state index is 0.0394. The highest BCUT2D eigenvalue weighted by Gasteiger charge is 2.27. The molecule has 0 unspecified atom stereocenters. The van der Waals surface area contributed by atoms with Gasteiger partial charge in [-0.05, 0) is 69.4 Å². The number of amides is 1. The van der Waals surface area contributed by atoms with Crippen molar-refractivity contribution in [3.8, 4) is 0 Å². The van der Waals surface area contributed by atoms with Gasteiger partial charge in [0, 0.05) is 24.7 Å². The molecule has 1 aromatic rings. The fourth-order valence-electron chi connectivity index (χ4n) is 3.26. The van der Waals surface area contributed by atoms with Crippen molar-refractivity contribution in [2.24, 2.45) is 5.41 Å². The quantitative estimate of drug-likeness (QED) is 0.807. The number of benzene rings is 1. The molecule has 1 fully saturated rings. The molecule has 1 saturated heterocycles. The van der Waals surface area contributed by atoms with Crippen LogP contribution in [0.2, 0.25) is 0 Å². The Balaban J connectivity index is 1.88. The summed E-state index contributed by atoms with van der Waals surface area (Å²) < 4.78 is 0. The van der Waals surface area contributed by atoms with E-state index in [1.165, 1.54) is 5.56 Å². The van der Waals surface area contributed by atoms with E-state index in [0.29, 0.717) is 6.04 Å². The lowest BCUT2D eigenvalue weighted by atomic mass is 9.81. The van der Waals surface area contributed by atoms with Crippen LogP contribution >= 0.6 is 0 Å². The molecule has 4 heteroatoms. The Kier molecular flexibility index (Phi) is 6.81. The first kappa shape index (κ1) is 18.9. The zero-order valence-electron chi connectivity index (χ0n) is 15.7. The van der Waals surface area contributed by atoms with E-state index >= 15 is 0 Å². The summed E-state index contributed by atoms with van der Waals surface area (Å²) in [6.07, 6.45) is 2.24. The van der Waals surface area contributed by atoms with Gasteiger partial charge in [-0.2, -0.15) is 0 Å². The molecular formula is C20H33N3O. The summed E-state index contributed by atoms with van der Waals surface area (Å²) in [5.41, 5.74) is 2.23. The minimum Gasteiger partial charge on any atom is -0.351 e. The summed E-state index contributed by atoms with van der Waals surface area (Å²) >= 11 is 0. The van der Waals surface area contributed by atoms with Crippen LogP contribution in [0.3, 0.4) is 0 Å². The van der Waals surface area contributed by atoms with Crippen molar-refractivity contribution >= 4 is 5.91 Å². The monoisotopic (exact) mass is 331 g/mol. The third-order valence-corrected chi connectivity index (χ3v) is 5.22. The molecule has 2 N–H and O–H groups in total. The number of nitrogens with one attached hydrogen (secondary N) is 2. The van der Waals surface area contributed by atoms with Gasteiger partial charge in [0.2, 0.25) is 0 Å². The molecule has 0 aromatic heterocycles. The van der Waals surface area contributed by atoms with Crippen LogP contribution in [0.1, 0.15) is 56.5 Å². The second-order valence-electron chi connectivity index (χ2n) is 7.60. The first-order valence-corrected chi connectivity index (χ1v) is 9.25. The number of carbonyl (C=O) groups excluding carboxylic acids is 1. The number of piperidine rings is 1. The number of rotatable bonds is 7. The Morgan fingerprint density at radius 2 is 1.88 bits per heavy atom. The van der Waals surface area contributed by atoms with Crippen molar-refractivity contribution in [1.82, 2.24) is 15.5 Å². The molecule has 1 aromatic carbocycles. The first-order valence-electron chi connectivity index (χ1n) is 9.25. The molecule has 1 amide bonds. The van der Waals surface area contributed by atoms with Crippen molar-refractivity contribution in [3.05, 3.63) is 35.4 Å². The van der Waals surface area contributed by atoms with Gasteiger partial charge in [-0.25, -0.2) is 0 Å². The van der Waals surface area contributed by atoms with E-state index in [1.54, 1.807) is 0 Å². The van der Waals surface area contributed by atoms with E-state index in [9.17, 15) is 4.79 Å². The largest absolute Gasteiger partial charge is 0.351 e. The lowest BCUT2D eigenvalue weighted by Crippen LogP contribution is -2.42. The van der Waals surface area contributed by atoms with Crippen LogP contribution in [0.5, 0.6) is 0 Å². The Labute approximate surface area is 147 Å². The average molecular weight is 332 g/mol. The average Bonchev–Trinajstić information content (AvgIpc) is 2.58. The molecule has 1 aliphatic heterocycles. The molecule has 0 aliphatic carbocycles. The van der Waals surface area contributed by atoms with E-state index in [4.69, 9.17) is 0 Å². The molecular weight excluding hydrogens is 298 g/mol. The summed E-state index contributed by atoms with van der Waals surface area (Å²) in [6.45, 7) is 13.7. The molecule has 1 heterocycles. The highest BCUT2D eigenvalue weighted by Crippen LogP contribution is 2.26. The van der Waals surface area contributed by atoms with Crippen molar-refractivity contribution in [1.29, 1.82) is 0 Å². The number of hydrogen-bond donors (Lipinski definition) is 2. The van der Waals surface area contributed by atoms with Crippen LogP contribution in [0.4, 0.5) is 0 Å². The maximum atomic E-state index is 12.4. The van der Waals surface area contributed by atoms with Crippen LogP contribution in [0.25, 0.3) is 0 Å². The third-order valence-electron chi connectivity index (χ3n) is 5.22. The molecule has 0 bridgehead atoms. The lowest BCUT2D eigenvalue weighted by molar-refractivity contribution is 0.0922. The predicted octanol–water partition coefficient (Wildman–Crippen LogP) is 3.04. The maximum Gasteiger partial charge on any atom is 0.251 e. The van der Waals surface area contributed by atoms with Crippen LogP contribution in [0.15, 0.2) is 24.3 Å². The topological polar surface area (TPSA) is 44.4 Å². The summed E-state index contributed by atoms with van der Waals surface area (Å²) in [7, 11) is 0. The predicted molar refractivity (Wildman–Crippen MR) is 100 cm³/mol. The van der Waals surface area contributed by atoms with Crippen LogP contribution in [-0.4, -0.2) is 43.0 Å². The van der Waals surface area contributed by atoms with Crippen molar-refractivity contribution in [3.63, 3.8) is 0 Å². The standard InChI is InChI=1S/C20H33N3O/c1-5-23(16(2)3)14-17-6-8-18(9-7-17)19(24)22-15-20(4)10-12-21-13-11-20/h6-9,16,21H,5,10-15H2,1-4H3,(H,22,24). The molecule has 2 rings (SSSR count). The Morgan fingerprint density at radius 1 is 1.25 bits per heavy atom. The molecule has 0 saturated carbocycles. The van der Waals surface area contributed by atoms with E-state index in [1.807, 2.05) is 12.1 Å². The highest BCUT2D eigenvalue weighted by molar-refractivity contribution is 5.94. The van der Waals surface area contributed by atoms with Crippen molar-refractivity contribution in [2.45, 2.75) is 53.1 Å². The van der Waals surface area contributed by atoms with Gasteiger partial charge in [0.25, 0.3) is 5.91 Å². The number of carbonyl (C=O) groups is 1. The Morgan fingerprint density at radius 3 is 2.42 bits per heavy atom. The molecule has 1 aliphatic rings. The molecule has 0 radical (unpaired) electrons. The summed E-state index contributed by atoms with van der Waals surface area (Å²) in [4.78, 5) is 14.8. The van der Waals surface area contributed by atoms with Crippen molar-refractivity contribution < 1.29 is 4.79 Å². The second-order valence-corrected chi connectivity index (χ2v) is 7.60. The fraction of sp³-hybridized carbons (Fsp3) is 0.650. The van der Waals surface area contributed by atoms with Gasteiger partial charge in [0.05, 0.1) is 0 Å². The SMILES string of the molecule is CCN(Cc1ccc(C(=O)NCC2(C)CCNCC2)cc1)C(C)C. The van der Waals surface area contributed by atoms with Crippen LogP contribution in [-0.2, 0) is 6.54 Å².